The molecule has 3 atom stereocenters. The molecule has 5 N–H and O–H groups in total. The number of amides is 3. The molecule has 2 aliphatic rings. The van der Waals surface area contributed by atoms with Gasteiger partial charge in [-0.2, -0.15) is 0 Å². The summed E-state index contributed by atoms with van der Waals surface area (Å²) in [5.41, 5.74) is 8.82. The van der Waals surface area contributed by atoms with E-state index >= 15 is 0 Å². The van der Waals surface area contributed by atoms with Crippen molar-refractivity contribution >= 4 is 34.8 Å². The highest BCUT2D eigenvalue weighted by Crippen LogP contribution is 2.36. The Morgan fingerprint density at radius 1 is 0.980 bits per heavy atom. The summed E-state index contributed by atoms with van der Waals surface area (Å²) in [7, 11) is 2.01. The first-order valence-corrected chi connectivity index (χ1v) is 16.9. The fourth-order valence-electron chi connectivity index (χ4n) is 6.07. The third-order valence-corrected chi connectivity index (χ3v) is 8.89. The zero-order valence-electron chi connectivity index (χ0n) is 28.4. The van der Waals surface area contributed by atoms with E-state index in [9.17, 15) is 19.5 Å². The van der Waals surface area contributed by atoms with Crippen LogP contribution in [-0.2, 0) is 16.1 Å². The van der Waals surface area contributed by atoms with Crippen LogP contribution in [0.25, 0.3) is 0 Å². The first kappa shape index (κ1) is 35.5. The molecule has 5 rings (SSSR count). The van der Waals surface area contributed by atoms with Crippen molar-refractivity contribution in [3.05, 3.63) is 71.8 Å². The van der Waals surface area contributed by atoms with Crippen LogP contribution in [0.1, 0.15) is 61.9 Å². The van der Waals surface area contributed by atoms with Gasteiger partial charge in [0, 0.05) is 38.4 Å². The average molecular weight is 674 g/mol. The monoisotopic (exact) mass is 673 g/mol. The number of carbonyl (C=O) groups is 3. The predicted molar refractivity (Wildman–Crippen MR) is 188 cm³/mol. The molecule has 0 radical (unpaired) electrons. The molecule has 0 fully saturated rings. The molecular weight excluding hydrogens is 626 g/mol. The van der Waals surface area contributed by atoms with Gasteiger partial charge in [0.05, 0.1) is 35.3 Å². The Balaban J connectivity index is 1.23. The lowest BCUT2D eigenvalue weighted by atomic mass is 9.98. The Hall–Kier alpha value is -4.81. The molecule has 0 aromatic heterocycles. The van der Waals surface area contributed by atoms with E-state index in [0.29, 0.717) is 73.7 Å². The number of nitrogens with two attached hydrogens (primary N) is 1. The van der Waals surface area contributed by atoms with Gasteiger partial charge in [-0.15, -0.1) is 0 Å². The van der Waals surface area contributed by atoms with Crippen LogP contribution in [0, 0.1) is 5.92 Å². The molecule has 0 saturated carbocycles. The van der Waals surface area contributed by atoms with Crippen LogP contribution in [0.3, 0.4) is 0 Å². The first-order chi connectivity index (χ1) is 23.6. The van der Waals surface area contributed by atoms with Crippen molar-refractivity contribution in [3.8, 4) is 17.2 Å². The lowest BCUT2D eigenvalue weighted by Gasteiger charge is -2.38. The Labute approximate surface area is 287 Å². The molecule has 0 bridgehead atoms. The molecule has 0 spiro atoms. The molecule has 2 heterocycles. The SMILES string of the molecule is C[C@@H]1CN([C@@H](C)CO)C(=O)c2cccc(NC(=O)CCCCCC(=O)Nc3ccccc3N)c2O[C@H]1CN(C)Cc1ccc2c(c1)OCO2. The summed E-state index contributed by atoms with van der Waals surface area (Å²) in [6.45, 7) is 5.46. The summed E-state index contributed by atoms with van der Waals surface area (Å²) in [5, 5.41) is 15.8. The van der Waals surface area contributed by atoms with Gasteiger partial charge >= 0.3 is 0 Å². The van der Waals surface area contributed by atoms with Gasteiger partial charge in [-0.05, 0) is 68.8 Å². The topological polar surface area (TPSA) is 156 Å². The van der Waals surface area contributed by atoms with Gasteiger partial charge in [0.2, 0.25) is 18.6 Å². The Morgan fingerprint density at radius 2 is 1.67 bits per heavy atom. The summed E-state index contributed by atoms with van der Waals surface area (Å²) in [4.78, 5) is 43.1. The number of anilines is 3. The number of fused-ring (bicyclic) bond motifs is 2. The zero-order chi connectivity index (χ0) is 34.9. The lowest BCUT2D eigenvalue weighted by Crippen LogP contribution is -2.49. The number of benzene rings is 3. The third-order valence-electron chi connectivity index (χ3n) is 8.89. The largest absolute Gasteiger partial charge is 0.486 e. The summed E-state index contributed by atoms with van der Waals surface area (Å²) in [6, 6.07) is 17.8. The van der Waals surface area contributed by atoms with Crippen LogP contribution in [-0.4, -0.2) is 78.3 Å². The highest BCUT2D eigenvalue weighted by Gasteiger charge is 2.34. The van der Waals surface area contributed by atoms with Crippen molar-refractivity contribution in [2.75, 3.05) is 49.9 Å². The Morgan fingerprint density at radius 3 is 2.41 bits per heavy atom. The number of nitrogens with zero attached hydrogens (tertiary/aromatic N) is 2. The fourth-order valence-corrected chi connectivity index (χ4v) is 6.07. The molecule has 3 aromatic carbocycles. The number of likely N-dealkylation sites (N-methyl/N-ethyl adjacent to an activating group) is 1. The van der Waals surface area contributed by atoms with Crippen LogP contribution < -0.4 is 30.6 Å². The summed E-state index contributed by atoms with van der Waals surface area (Å²) < 4.78 is 17.7. The van der Waals surface area contributed by atoms with Crippen LogP contribution in [0.5, 0.6) is 17.2 Å². The minimum atomic E-state index is -0.404. The normalized spacial score (nSPS) is 17.5. The van der Waals surface area contributed by atoms with Crippen molar-refractivity contribution < 1.29 is 33.7 Å². The molecule has 49 heavy (non-hydrogen) atoms. The van der Waals surface area contributed by atoms with Crippen molar-refractivity contribution in [1.82, 2.24) is 9.80 Å². The second-order valence-corrected chi connectivity index (χ2v) is 12.9. The van der Waals surface area contributed by atoms with E-state index in [1.165, 1.54) is 0 Å². The van der Waals surface area contributed by atoms with Gasteiger partial charge in [-0.25, -0.2) is 0 Å². The highest BCUT2D eigenvalue weighted by molar-refractivity contribution is 6.01. The van der Waals surface area contributed by atoms with E-state index in [0.717, 1.165) is 17.1 Å². The second kappa shape index (κ2) is 16.5. The number of para-hydroxylation sites is 3. The van der Waals surface area contributed by atoms with E-state index in [1.807, 2.05) is 51.2 Å². The minimum Gasteiger partial charge on any atom is -0.486 e. The Kier molecular flexibility index (Phi) is 12.0. The predicted octanol–water partition coefficient (Wildman–Crippen LogP) is 4.88. The molecule has 12 nitrogen and oxygen atoms in total. The van der Waals surface area contributed by atoms with E-state index in [-0.39, 0.29) is 49.6 Å². The number of hydrogen-bond acceptors (Lipinski definition) is 9. The number of nitrogen functional groups attached to an aromatic ring is 1. The van der Waals surface area contributed by atoms with Gasteiger partial charge in [0.25, 0.3) is 5.91 Å². The molecule has 0 saturated heterocycles. The maximum absolute atomic E-state index is 13.8. The summed E-state index contributed by atoms with van der Waals surface area (Å²) >= 11 is 0. The number of aliphatic hydroxyl groups excluding tert-OH is 1. The quantitative estimate of drug-likeness (QED) is 0.138. The highest BCUT2D eigenvalue weighted by atomic mass is 16.7. The number of aliphatic hydroxyl groups is 1. The van der Waals surface area contributed by atoms with Crippen LogP contribution >= 0.6 is 0 Å². The van der Waals surface area contributed by atoms with Crippen molar-refractivity contribution in [2.24, 2.45) is 5.92 Å². The van der Waals surface area contributed by atoms with Gasteiger partial charge in [0.1, 0.15) is 6.10 Å². The first-order valence-electron chi connectivity index (χ1n) is 16.9. The van der Waals surface area contributed by atoms with Gasteiger partial charge in [-0.1, -0.05) is 37.6 Å². The number of nitrogens with one attached hydrogen (secondary N) is 2. The lowest BCUT2D eigenvalue weighted by molar-refractivity contribution is -0.116. The van der Waals surface area contributed by atoms with Gasteiger partial charge in [-0.3, -0.25) is 19.3 Å². The van der Waals surface area contributed by atoms with Gasteiger partial charge < -0.3 is 40.6 Å². The van der Waals surface area contributed by atoms with Crippen LogP contribution in [0.2, 0.25) is 0 Å². The second-order valence-electron chi connectivity index (χ2n) is 12.9. The van der Waals surface area contributed by atoms with E-state index in [4.69, 9.17) is 19.9 Å². The standard InChI is InChI=1S/C37H47N5O7/c1-24-19-42(25(2)22-43)37(46)27-10-9-13-30(40-35(45)15-6-4-5-14-34(44)39-29-12-8-7-11-28(29)38)36(27)49-33(24)21-41(3)20-26-16-17-31-32(18-26)48-23-47-31/h7-13,16-18,24-25,33,43H,4-6,14-15,19-23,38H2,1-3H3,(H,39,44)(H,40,45)/t24-,25+,33+/m1/s1. The number of unbranched alkanes of at least 4 members (excludes halogenated alkanes) is 2. The average Bonchev–Trinajstić information content (AvgIpc) is 3.55. The van der Waals surface area contributed by atoms with Crippen LogP contribution in [0.15, 0.2) is 60.7 Å². The summed E-state index contributed by atoms with van der Waals surface area (Å²) in [5.74, 6) is 1.09. The maximum Gasteiger partial charge on any atom is 0.258 e. The van der Waals surface area contributed by atoms with Crippen molar-refractivity contribution in [2.45, 2.75) is 64.6 Å². The number of ether oxygens (including phenoxy) is 3. The molecule has 262 valence electrons. The molecule has 0 unspecified atom stereocenters. The Bertz CT molecular complexity index is 1630. The van der Waals surface area contributed by atoms with E-state index < -0.39 is 6.04 Å². The molecule has 2 aliphatic heterocycles. The summed E-state index contributed by atoms with van der Waals surface area (Å²) in [6.07, 6.45) is 2.14. The molecule has 3 aromatic rings. The molecule has 3 amide bonds. The van der Waals surface area contributed by atoms with E-state index in [2.05, 4.69) is 15.5 Å². The smallest absolute Gasteiger partial charge is 0.258 e. The van der Waals surface area contributed by atoms with Crippen molar-refractivity contribution in [1.29, 1.82) is 0 Å². The zero-order valence-corrected chi connectivity index (χ0v) is 28.4. The third kappa shape index (κ3) is 9.21. The van der Waals surface area contributed by atoms with E-state index in [1.54, 1.807) is 35.2 Å². The number of hydrogen-bond donors (Lipinski definition) is 4. The molecular formula is C37H47N5O7. The minimum absolute atomic E-state index is 0.0930. The van der Waals surface area contributed by atoms with Crippen LogP contribution in [0.4, 0.5) is 17.1 Å². The maximum atomic E-state index is 13.8. The fraction of sp³-hybridized carbons (Fsp3) is 0.432. The molecule has 0 aliphatic carbocycles. The number of carbonyl (C=O) groups excluding carboxylic acids is 3. The number of rotatable bonds is 14. The molecule has 12 heteroatoms. The van der Waals surface area contributed by atoms with Crippen molar-refractivity contribution in [3.63, 3.8) is 0 Å². The van der Waals surface area contributed by atoms with Gasteiger partial charge in [0.15, 0.2) is 17.2 Å².